The third-order valence-corrected chi connectivity index (χ3v) is 11.1. The number of nitrogens with one attached hydrogen (secondary N) is 2. The van der Waals surface area contributed by atoms with Crippen molar-refractivity contribution in [2.45, 2.75) is 71.2 Å². The first-order chi connectivity index (χ1) is 26.6. The van der Waals surface area contributed by atoms with E-state index in [0.29, 0.717) is 5.75 Å². The number of carbonyl (C=O) groups excluding carboxylic acids is 4. The van der Waals surface area contributed by atoms with Crippen molar-refractivity contribution >= 4 is 80.9 Å². The number of nitrogen functional groups attached to an aromatic ring is 1. The van der Waals surface area contributed by atoms with Gasteiger partial charge in [-0.05, 0) is 6.92 Å². The minimum atomic E-state index is -5.56. The molecule has 3 rings (SSSR count). The monoisotopic (exact) mass is 911 g/mol. The highest BCUT2D eigenvalue weighted by Crippen LogP contribution is 2.61. The minimum Gasteiger partial charge on any atom is -0.481 e. The number of carboxylic acid groups (broad SMARTS) is 1. The number of anilines is 1. The molecule has 2 aromatic rings. The zero-order chi connectivity index (χ0) is 44.2. The van der Waals surface area contributed by atoms with E-state index in [1.807, 2.05) is 0 Å². The van der Waals surface area contributed by atoms with Gasteiger partial charge in [0, 0.05) is 37.6 Å². The Morgan fingerprint density at radius 3 is 2.22 bits per heavy atom. The average Bonchev–Trinajstić information content (AvgIpc) is 3.64. The van der Waals surface area contributed by atoms with Gasteiger partial charge in [0.2, 0.25) is 11.8 Å². The maximum Gasteiger partial charge on any atom is 0.481 e. The van der Waals surface area contributed by atoms with Crippen molar-refractivity contribution in [1.29, 1.82) is 0 Å². The predicted molar refractivity (Wildman–Crippen MR) is 196 cm³/mol. The first-order valence-corrected chi connectivity index (χ1v) is 21.9. The highest BCUT2D eigenvalue weighted by molar-refractivity contribution is 8.13. The van der Waals surface area contributed by atoms with E-state index in [9.17, 15) is 67.5 Å². The summed E-state index contributed by atoms with van der Waals surface area (Å²) in [5, 5.41) is 33.9. The summed E-state index contributed by atoms with van der Waals surface area (Å²) in [7, 11) is -16.4. The van der Waals surface area contributed by atoms with Gasteiger partial charge in [0.15, 0.2) is 22.8 Å². The summed E-state index contributed by atoms with van der Waals surface area (Å²) >= 11 is 1.03. The van der Waals surface area contributed by atoms with E-state index in [1.165, 1.54) is 27.7 Å². The number of fused-ring (bicyclic) bond motifs is 1. The van der Waals surface area contributed by atoms with Crippen molar-refractivity contribution < 1.29 is 95.2 Å². The number of amides is 2. The second-order valence-corrected chi connectivity index (χ2v) is 18.2. The smallest absolute Gasteiger partial charge is 0.481 e. The van der Waals surface area contributed by atoms with Crippen molar-refractivity contribution in [3.8, 4) is 0 Å². The Kier molecular flexibility index (Phi) is 19.1. The molecule has 3 heterocycles. The number of aliphatic hydroxyl groups excluding tert-OH is 2. The van der Waals surface area contributed by atoms with Crippen LogP contribution in [0.25, 0.3) is 11.2 Å². The van der Waals surface area contributed by atoms with E-state index in [1.54, 1.807) is 0 Å². The van der Waals surface area contributed by atoms with Crippen molar-refractivity contribution in [1.82, 2.24) is 30.2 Å². The number of carbonyl (C=O) groups is 5. The molecule has 1 saturated heterocycles. The number of rotatable bonds is 21. The number of nitrogens with two attached hydrogens (primary N) is 1. The van der Waals surface area contributed by atoms with Gasteiger partial charge in [0.25, 0.3) is 0 Å². The van der Waals surface area contributed by atoms with Crippen LogP contribution < -0.4 is 16.4 Å². The lowest BCUT2D eigenvalue weighted by atomic mass is 9.87. The molecule has 58 heavy (non-hydrogen) atoms. The molecular weight excluding hydrogens is 867 g/mol. The van der Waals surface area contributed by atoms with Gasteiger partial charge in [-0.15, -0.1) is 0 Å². The Bertz CT molecular complexity index is 1920. The molecule has 11 N–H and O–H groups in total. The Labute approximate surface area is 332 Å². The number of ether oxygens (including phenoxy) is 1. The van der Waals surface area contributed by atoms with E-state index < -0.39 is 90.5 Å². The zero-order valence-corrected chi connectivity index (χ0v) is 34.5. The zero-order valence-electron chi connectivity index (χ0n) is 31.0. The molecule has 0 aromatic carbocycles. The number of hydrogen-bond acceptors (Lipinski definition) is 20. The van der Waals surface area contributed by atoms with E-state index in [2.05, 4.69) is 34.4 Å². The van der Waals surface area contributed by atoms with Gasteiger partial charge in [-0.3, -0.25) is 42.1 Å². The summed E-state index contributed by atoms with van der Waals surface area (Å²) in [5.74, 6) is -2.46. The van der Waals surface area contributed by atoms with Crippen LogP contribution >= 0.6 is 35.2 Å². The number of ketones is 1. The number of aliphatic hydroxyl groups is 2. The van der Waals surface area contributed by atoms with Gasteiger partial charge in [-0.1, -0.05) is 25.6 Å². The molecule has 1 aliphatic heterocycles. The molecule has 0 saturated carbocycles. The van der Waals surface area contributed by atoms with Crippen LogP contribution in [0.5, 0.6) is 0 Å². The van der Waals surface area contributed by atoms with E-state index >= 15 is 0 Å². The maximum atomic E-state index is 12.6. The highest BCUT2D eigenvalue weighted by Gasteiger charge is 2.50. The van der Waals surface area contributed by atoms with E-state index in [0.717, 1.165) is 29.0 Å². The molecule has 27 nitrogen and oxygen atoms in total. The fourth-order valence-electron chi connectivity index (χ4n) is 4.54. The largest absolute Gasteiger partial charge is 0.481 e. The number of nitrogens with zero attached hydrogens (tertiary/aromatic N) is 4. The minimum absolute atomic E-state index is 0.0310. The van der Waals surface area contributed by atoms with Crippen molar-refractivity contribution in [3.05, 3.63) is 12.7 Å². The first-order valence-electron chi connectivity index (χ1n) is 16.4. The molecule has 2 amide bonds. The fraction of sp³-hybridized carbons (Fsp3) is 0.630. The van der Waals surface area contributed by atoms with Crippen molar-refractivity contribution in [2.75, 3.05) is 37.8 Å². The SMILES string of the molecule is CC(=O)CC(=O)O.CC(=O)SCCNC(=O)CCNC(=O)[C@H](O)C(C)(C)COP(=O)(O)OP(=O)(O)OC[C@H]1O[C@@H](n2cnc3c(N)ncnc32)[C@H](O)[C@@H]1OP(=O)(O)O. The van der Waals surface area contributed by atoms with E-state index in [-0.39, 0.29) is 53.8 Å². The molecule has 0 bridgehead atoms. The number of thioether (sulfide) groups is 1. The van der Waals surface area contributed by atoms with Crippen molar-refractivity contribution in [2.24, 2.45) is 5.41 Å². The van der Waals surface area contributed by atoms with Crippen LogP contribution in [0.4, 0.5) is 5.82 Å². The van der Waals surface area contributed by atoms with Crippen LogP contribution in [0.3, 0.4) is 0 Å². The summed E-state index contributed by atoms with van der Waals surface area (Å²) < 4.78 is 61.8. The molecule has 7 atom stereocenters. The second kappa shape index (κ2) is 21.8. The quantitative estimate of drug-likeness (QED) is 0.0397. The van der Waals surface area contributed by atoms with Crippen molar-refractivity contribution in [3.63, 3.8) is 0 Å². The third kappa shape index (κ3) is 17.1. The summed E-state index contributed by atoms with van der Waals surface area (Å²) in [4.78, 5) is 105. The molecule has 31 heteroatoms. The number of Topliss-reactive ketones (excluding diaryl/α,β-unsaturated/α-hetero) is 1. The first kappa shape index (κ1) is 50.8. The van der Waals surface area contributed by atoms with Crippen LogP contribution in [0.2, 0.25) is 0 Å². The van der Waals surface area contributed by atoms with Crippen LogP contribution in [-0.2, 0) is 60.3 Å². The normalized spacial score (nSPS) is 20.9. The summed E-state index contributed by atoms with van der Waals surface area (Å²) in [6, 6.07) is 0. The van der Waals surface area contributed by atoms with Gasteiger partial charge >= 0.3 is 29.4 Å². The Balaban J connectivity index is 0.00000151. The lowest BCUT2D eigenvalue weighted by molar-refractivity contribution is -0.140. The lowest BCUT2D eigenvalue weighted by Crippen LogP contribution is -2.46. The standard InChI is InChI=1S/C23H38N7O17P3S.C4H6O3/c1-12(31)51-7-6-25-14(32)4-5-26-21(35)18(34)23(2,3)9-44-50(41,42)47-49(39,40)43-8-13-17(46-48(36,37)38)16(33)22(45-13)30-11-29-15-19(24)27-10-28-20(15)30;1-3(5)2-4(6)7/h10-11,13,16-18,22,33-34H,4-9H2,1-3H3,(H,25,32)(H,26,35)(H,39,40)(H,41,42)(H2,24,27,28)(H2,36,37,38);2H2,1H3,(H,6,7)/t13-,16-,17-,18+,22-;/m1./s1. The van der Waals surface area contributed by atoms with Crippen LogP contribution in [0.15, 0.2) is 12.7 Å². The third-order valence-electron chi connectivity index (χ3n) is 7.21. The van der Waals surface area contributed by atoms with Crippen LogP contribution in [-0.4, -0.2) is 140 Å². The molecule has 0 aliphatic carbocycles. The molecule has 0 spiro atoms. The Hall–Kier alpha value is -3.30. The second-order valence-electron chi connectivity index (χ2n) is 12.7. The highest BCUT2D eigenvalue weighted by atomic mass is 32.2. The molecule has 1 fully saturated rings. The summed E-state index contributed by atoms with van der Waals surface area (Å²) in [6.07, 6.45) is -7.24. The van der Waals surface area contributed by atoms with Gasteiger partial charge in [-0.25, -0.2) is 28.6 Å². The lowest BCUT2D eigenvalue weighted by Gasteiger charge is -2.30. The topological polar surface area (TPSA) is 418 Å². The fourth-order valence-corrected chi connectivity index (χ4v) is 7.86. The number of phosphoric acid groups is 3. The predicted octanol–water partition coefficient (Wildman–Crippen LogP) is -1.27. The number of hydrogen-bond donors (Lipinski definition) is 10. The van der Waals surface area contributed by atoms with Gasteiger partial charge in [0.05, 0.1) is 19.5 Å². The van der Waals surface area contributed by atoms with Crippen LogP contribution in [0.1, 0.15) is 46.8 Å². The molecule has 0 radical (unpaired) electrons. The molecule has 328 valence electrons. The Morgan fingerprint density at radius 1 is 1.02 bits per heavy atom. The summed E-state index contributed by atoms with van der Waals surface area (Å²) in [5.41, 5.74) is 4.26. The molecule has 1 aliphatic rings. The number of aliphatic carboxylic acids is 1. The van der Waals surface area contributed by atoms with Gasteiger partial charge < -0.3 is 56.0 Å². The molecule has 2 unspecified atom stereocenters. The maximum absolute atomic E-state index is 12.6. The molecular formula is C27H44N7O20P3S. The number of carboxylic acids is 1. The van der Waals surface area contributed by atoms with E-state index in [4.69, 9.17) is 24.6 Å². The number of aromatic nitrogens is 4. The van der Waals surface area contributed by atoms with Crippen LogP contribution in [0, 0.1) is 5.41 Å². The Morgan fingerprint density at radius 2 is 1.66 bits per heavy atom. The number of phosphoric ester groups is 3. The van der Waals surface area contributed by atoms with Gasteiger partial charge in [-0.2, -0.15) is 4.31 Å². The molecule has 2 aromatic heterocycles. The number of imidazole rings is 1. The van der Waals surface area contributed by atoms with Gasteiger partial charge in [0.1, 0.15) is 48.5 Å². The average molecular weight is 912 g/mol. The summed E-state index contributed by atoms with van der Waals surface area (Å²) in [6.45, 7) is 3.15.